The van der Waals surface area contributed by atoms with Crippen LogP contribution in [0.15, 0.2) is 6.07 Å². The molecular weight excluding hydrogens is 219 g/mol. The van der Waals surface area contributed by atoms with E-state index < -0.39 is 28.0 Å². The summed E-state index contributed by atoms with van der Waals surface area (Å²) >= 11 is 0. The van der Waals surface area contributed by atoms with Crippen LogP contribution in [0.5, 0.6) is 0 Å². The van der Waals surface area contributed by atoms with Crippen molar-refractivity contribution in [2.45, 2.75) is 6.92 Å². The molecule has 0 radical (unpaired) electrons. The molecule has 0 saturated heterocycles. The van der Waals surface area contributed by atoms with E-state index in [1.54, 1.807) is 0 Å². The summed E-state index contributed by atoms with van der Waals surface area (Å²) in [4.78, 5) is 21.0. The highest BCUT2D eigenvalue weighted by atomic mass is 19.1. The molecule has 1 rings (SSSR count). The smallest absolute Gasteiger partial charge is 0.341 e. The molecular formula is C9H9FN2O4. The molecule has 0 aliphatic heterocycles. The van der Waals surface area contributed by atoms with Gasteiger partial charge in [0.15, 0.2) is 0 Å². The summed E-state index contributed by atoms with van der Waals surface area (Å²) in [6.07, 6.45) is 0. The van der Waals surface area contributed by atoms with Crippen molar-refractivity contribution in [3.8, 4) is 0 Å². The summed E-state index contributed by atoms with van der Waals surface area (Å²) in [5, 5.41) is 10.6. The highest BCUT2D eigenvalue weighted by molar-refractivity contribution is 5.92. The number of halogens is 1. The number of nitro groups is 1. The average Bonchev–Trinajstić information content (AvgIpc) is 2.25. The number of benzene rings is 1. The Bertz CT molecular complexity index is 473. The second kappa shape index (κ2) is 4.13. The quantitative estimate of drug-likeness (QED) is 0.357. The zero-order chi connectivity index (χ0) is 12.5. The Morgan fingerprint density at radius 1 is 1.62 bits per heavy atom. The van der Waals surface area contributed by atoms with Crippen LogP contribution in [0.2, 0.25) is 0 Å². The number of carbonyl (C=O) groups excluding carboxylic acids is 1. The van der Waals surface area contributed by atoms with Gasteiger partial charge in [-0.1, -0.05) is 0 Å². The first kappa shape index (κ1) is 11.9. The predicted molar refractivity (Wildman–Crippen MR) is 53.5 cm³/mol. The van der Waals surface area contributed by atoms with Gasteiger partial charge in [0.1, 0.15) is 17.1 Å². The largest absolute Gasteiger partial charge is 0.465 e. The van der Waals surface area contributed by atoms with Gasteiger partial charge >= 0.3 is 5.97 Å². The Morgan fingerprint density at radius 2 is 2.19 bits per heavy atom. The van der Waals surface area contributed by atoms with E-state index in [0.29, 0.717) is 0 Å². The standard InChI is InChI=1S/C9H9FN2O4/c1-4-7(10)5(9(13)16-2)3-6(8(4)11)12(14)15/h3H,11H2,1-2H3. The lowest BCUT2D eigenvalue weighted by atomic mass is 10.1. The highest BCUT2D eigenvalue weighted by Crippen LogP contribution is 2.29. The van der Waals surface area contributed by atoms with Crippen LogP contribution in [0.4, 0.5) is 15.8 Å². The van der Waals surface area contributed by atoms with Gasteiger partial charge in [0.05, 0.1) is 12.0 Å². The van der Waals surface area contributed by atoms with E-state index in [4.69, 9.17) is 5.73 Å². The third-order valence-electron chi connectivity index (χ3n) is 2.13. The molecule has 7 heteroatoms. The number of nitrogens with zero attached hydrogens (tertiary/aromatic N) is 1. The van der Waals surface area contributed by atoms with Gasteiger partial charge in [0, 0.05) is 11.6 Å². The Morgan fingerprint density at radius 3 is 2.62 bits per heavy atom. The summed E-state index contributed by atoms with van der Waals surface area (Å²) in [5.74, 6) is -1.89. The van der Waals surface area contributed by atoms with Gasteiger partial charge in [0.2, 0.25) is 0 Å². The van der Waals surface area contributed by atoms with E-state index in [1.165, 1.54) is 6.92 Å². The fourth-order valence-electron chi connectivity index (χ4n) is 1.20. The van der Waals surface area contributed by atoms with Gasteiger partial charge in [-0.25, -0.2) is 9.18 Å². The van der Waals surface area contributed by atoms with Crippen molar-refractivity contribution in [1.82, 2.24) is 0 Å². The summed E-state index contributed by atoms with van der Waals surface area (Å²) in [6.45, 7) is 1.25. The predicted octanol–water partition coefficient (Wildman–Crippen LogP) is 1.41. The van der Waals surface area contributed by atoms with Crippen molar-refractivity contribution in [3.63, 3.8) is 0 Å². The topological polar surface area (TPSA) is 95.5 Å². The van der Waals surface area contributed by atoms with E-state index in [0.717, 1.165) is 13.2 Å². The molecule has 0 aromatic heterocycles. The van der Waals surface area contributed by atoms with Crippen molar-refractivity contribution < 1.29 is 18.8 Å². The lowest BCUT2D eigenvalue weighted by Crippen LogP contribution is -2.09. The highest BCUT2D eigenvalue weighted by Gasteiger charge is 2.24. The first-order chi connectivity index (χ1) is 7.40. The molecule has 0 heterocycles. The van der Waals surface area contributed by atoms with Crippen molar-refractivity contribution in [2.75, 3.05) is 12.8 Å². The van der Waals surface area contributed by atoms with E-state index in [-0.39, 0.29) is 11.3 Å². The van der Waals surface area contributed by atoms with Gasteiger partial charge in [-0.2, -0.15) is 0 Å². The lowest BCUT2D eigenvalue weighted by molar-refractivity contribution is -0.384. The molecule has 0 fully saturated rings. The van der Waals surface area contributed by atoms with Crippen molar-refractivity contribution in [1.29, 1.82) is 0 Å². The molecule has 0 spiro atoms. The van der Waals surface area contributed by atoms with E-state index >= 15 is 0 Å². The zero-order valence-corrected chi connectivity index (χ0v) is 8.61. The SMILES string of the molecule is COC(=O)c1cc([N+](=O)[O-])c(N)c(C)c1F. The number of nitrogens with two attached hydrogens (primary N) is 1. The number of hydrogen-bond donors (Lipinski definition) is 1. The van der Waals surface area contributed by atoms with Gasteiger partial charge < -0.3 is 10.5 Å². The van der Waals surface area contributed by atoms with Crippen LogP contribution < -0.4 is 5.73 Å². The number of ether oxygens (including phenoxy) is 1. The Hall–Kier alpha value is -2.18. The molecule has 0 atom stereocenters. The number of esters is 1. The van der Waals surface area contributed by atoms with Crippen molar-refractivity contribution in [2.24, 2.45) is 0 Å². The normalized spacial score (nSPS) is 9.94. The molecule has 0 amide bonds. The van der Waals surface area contributed by atoms with Crippen LogP contribution in [0, 0.1) is 22.9 Å². The van der Waals surface area contributed by atoms with Crippen LogP contribution in [0.25, 0.3) is 0 Å². The summed E-state index contributed by atoms with van der Waals surface area (Å²) in [5.41, 5.74) is 3.91. The molecule has 1 aromatic rings. The fourth-order valence-corrected chi connectivity index (χ4v) is 1.20. The Labute approximate surface area is 90.0 Å². The molecule has 0 unspecified atom stereocenters. The minimum absolute atomic E-state index is 0.144. The first-order valence-electron chi connectivity index (χ1n) is 4.21. The van der Waals surface area contributed by atoms with Gasteiger partial charge in [-0.05, 0) is 6.92 Å². The Balaban J connectivity index is 3.53. The summed E-state index contributed by atoms with van der Waals surface area (Å²) in [7, 11) is 1.05. The fraction of sp³-hybridized carbons (Fsp3) is 0.222. The average molecular weight is 228 g/mol. The van der Waals surface area contributed by atoms with Crippen LogP contribution >= 0.6 is 0 Å². The number of nitrogen functional groups attached to an aromatic ring is 1. The second-order valence-corrected chi connectivity index (χ2v) is 3.04. The third kappa shape index (κ3) is 1.79. The number of methoxy groups -OCH3 is 1. The molecule has 6 nitrogen and oxygen atoms in total. The molecule has 1 aromatic carbocycles. The first-order valence-corrected chi connectivity index (χ1v) is 4.21. The van der Waals surface area contributed by atoms with Crippen LogP contribution in [-0.2, 0) is 4.74 Å². The molecule has 0 aliphatic rings. The second-order valence-electron chi connectivity index (χ2n) is 3.04. The van der Waals surface area contributed by atoms with Crippen LogP contribution in [0.1, 0.15) is 15.9 Å². The van der Waals surface area contributed by atoms with Gasteiger partial charge in [-0.15, -0.1) is 0 Å². The van der Waals surface area contributed by atoms with Crippen molar-refractivity contribution in [3.05, 3.63) is 33.1 Å². The summed E-state index contributed by atoms with van der Waals surface area (Å²) < 4.78 is 17.8. The molecule has 86 valence electrons. The Kier molecular flexibility index (Phi) is 3.07. The molecule has 16 heavy (non-hydrogen) atoms. The maximum Gasteiger partial charge on any atom is 0.341 e. The molecule has 2 N–H and O–H groups in total. The van der Waals surface area contributed by atoms with E-state index in [1.807, 2.05) is 0 Å². The van der Waals surface area contributed by atoms with Gasteiger partial charge in [0.25, 0.3) is 5.69 Å². The number of nitro benzene ring substituents is 1. The molecule has 0 bridgehead atoms. The summed E-state index contributed by atoms with van der Waals surface area (Å²) in [6, 6.07) is 0.767. The molecule has 0 saturated carbocycles. The maximum absolute atomic E-state index is 13.5. The van der Waals surface area contributed by atoms with Crippen LogP contribution in [-0.4, -0.2) is 18.0 Å². The monoisotopic (exact) mass is 228 g/mol. The zero-order valence-electron chi connectivity index (χ0n) is 8.61. The van der Waals surface area contributed by atoms with E-state index in [2.05, 4.69) is 4.74 Å². The van der Waals surface area contributed by atoms with E-state index in [9.17, 15) is 19.3 Å². The van der Waals surface area contributed by atoms with Crippen molar-refractivity contribution >= 4 is 17.3 Å². The number of carbonyl (C=O) groups is 1. The third-order valence-corrected chi connectivity index (χ3v) is 2.13. The lowest BCUT2D eigenvalue weighted by Gasteiger charge is -2.07. The maximum atomic E-state index is 13.5. The van der Waals surface area contributed by atoms with Gasteiger partial charge in [-0.3, -0.25) is 10.1 Å². The number of rotatable bonds is 2. The number of anilines is 1. The minimum atomic E-state index is -0.983. The van der Waals surface area contributed by atoms with Crippen LogP contribution in [0.3, 0.4) is 0 Å². The minimum Gasteiger partial charge on any atom is -0.465 e. The molecule has 0 aliphatic carbocycles. The number of hydrogen-bond acceptors (Lipinski definition) is 5.